The predicted molar refractivity (Wildman–Crippen MR) is 76.4 cm³/mol. The topological polar surface area (TPSA) is 76.6 Å². The summed E-state index contributed by atoms with van der Waals surface area (Å²) in [4.78, 5) is 4.65. The molecule has 0 fully saturated rings. The van der Waals surface area contributed by atoms with E-state index in [9.17, 15) is 8.42 Å². The summed E-state index contributed by atoms with van der Waals surface area (Å²) < 4.78 is 27.0. The Bertz CT molecular complexity index is 593. The number of nitrogens with one attached hydrogen (secondary N) is 4. The third-order valence-electron chi connectivity index (χ3n) is 3.37. The van der Waals surface area contributed by atoms with E-state index in [0.29, 0.717) is 25.3 Å². The highest BCUT2D eigenvalue weighted by atomic mass is 32.2. The summed E-state index contributed by atoms with van der Waals surface area (Å²) in [5.74, 6) is 0.440. The zero-order valence-electron chi connectivity index (χ0n) is 12.0. The van der Waals surface area contributed by atoms with Crippen molar-refractivity contribution in [1.29, 1.82) is 0 Å². The molecule has 2 rings (SSSR count). The van der Waals surface area contributed by atoms with E-state index in [0.717, 1.165) is 5.56 Å². The summed E-state index contributed by atoms with van der Waals surface area (Å²) in [6.07, 6.45) is 0. The van der Waals surface area contributed by atoms with Crippen LogP contribution in [-0.4, -0.2) is 33.8 Å². The van der Waals surface area contributed by atoms with Crippen LogP contribution < -0.4 is 19.9 Å². The number of guanidine groups is 1. The average Bonchev–Trinajstić information content (AvgIpc) is 2.39. The van der Waals surface area contributed by atoms with Gasteiger partial charge in [0.1, 0.15) is 4.90 Å². The van der Waals surface area contributed by atoms with E-state index in [1.165, 1.54) is 4.90 Å². The summed E-state index contributed by atoms with van der Waals surface area (Å²) in [6.45, 7) is 7.55. The minimum absolute atomic E-state index is 0.262. The summed E-state index contributed by atoms with van der Waals surface area (Å²) in [6, 6.07) is 7.25. The molecule has 1 aliphatic rings. The maximum absolute atomic E-state index is 12.2. The van der Waals surface area contributed by atoms with Gasteiger partial charge in [-0.15, -0.1) is 0 Å². The summed E-state index contributed by atoms with van der Waals surface area (Å²) in [5.41, 5.74) is 1.03. The predicted octanol–water partition coefficient (Wildman–Crippen LogP) is -2.48. The minimum Gasteiger partial charge on any atom is -0.275 e. The highest BCUT2D eigenvalue weighted by molar-refractivity contribution is 7.90. The molecule has 20 heavy (non-hydrogen) atoms. The molecule has 0 saturated carbocycles. The molecular formula is C13H22N4O2S+2. The maximum atomic E-state index is 12.2. The Hall–Kier alpha value is -1.60. The Balaban J connectivity index is 2.08. The Labute approximate surface area is 119 Å². The van der Waals surface area contributed by atoms with Gasteiger partial charge in [-0.05, 0) is 32.9 Å². The number of benzene rings is 1. The summed E-state index contributed by atoms with van der Waals surface area (Å²) >= 11 is 0. The van der Waals surface area contributed by atoms with Crippen molar-refractivity contribution in [3.05, 3.63) is 29.8 Å². The molecule has 0 radical (unpaired) electrons. The highest BCUT2D eigenvalue weighted by Crippen LogP contribution is 2.09. The van der Waals surface area contributed by atoms with Crippen molar-refractivity contribution in [3.8, 4) is 0 Å². The van der Waals surface area contributed by atoms with E-state index in [1.54, 1.807) is 24.3 Å². The standard InChI is InChI=1S/C13H20N4O2S/c1-10(2)17-8-14-13(15-9-17)16-20(18,19)12-6-4-11(3)5-7-12/h4-7,10H,8-9H2,1-3H3,(H2,14,15,16)/p+2. The van der Waals surface area contributed by atoms with E-state index >= 15 is 0 Å². The number of aryl methyl sites for hydroxylation is 1. The van der Waals surface area contributed by atoms with Crippen LogP contribution in [0.5, 0.6) is 0 Å². The molecule has 1 atom stereocenters. The third-order valence-corrected chi connectivity index (χ3v) is 4.73. The molecule has 1 aromatic carbocycles. The largest absolute Gasteiger partial charge is 0.367 e. The summed E-state index contributed by atoms with van der Waals surface area (Å²) in [7, 11) is -3.54. The van der Waals surface area contributed by atoms with Gasteiger partial charge in [0.25, 0.3) is 0 Å². The van der Waals surface area contributed by atoms with Crippen molar-refractivity contribution in [2.75, 3.05) is 13.3 Å². The number of hydrogen-bond acceptors (Lipinski definition) is 3. The van der Waals surface area contributed by atoms with Crippen molar-refractivity contribution in [2.45, 2.75) is 31.7 Å². The van der Waals surface area contributed by atoms with Gasteiger partial charge in [-0.1, -0.05) is 17.7 Å². The van der Waals surface area contributed by atoms with Crippen molar-refractivity contribution >= 4 is 16.0 Å². The van der Waals surface area contributed by atoms with Gasteiger partial charge in [0.05, 0.1) is 6.04 Å². The molecule has 110 valence electrons. The van der Waals surface area contributed by atoms with Gasteiger partial charge in [-0.25, -0.2) is 10.3 Å². The smallest absolute Gasteiger partial charge is 0.275 e. The fraction of sp³-hybridized carbons (Fsp3) is 0.462. The van der Waals surface area contributed by atoms with Gasteiger partial charge in [-0.3, -0.25) is 4.90 Å². The first-order valence-electron chi connectivity index (χ1n) is 6.67. The normalized spacial score (nSPS) is 19.4. The van der Waals surface area contributed by atoms with Crippen molar-refractivity contribution in [2.24, 2.45) is 0 Å². The Kier molecular flexibility index (Phi) is 4.29. The van der Waals surface area contributed by atoms with Crippen LogP contribution in [0.25, 0.3) is 0 Å². The quantitative estimate of drug-likeness (QED) is 0.499. The molecule has 0 saturated heterocycles. The van der Waals surface area contributed by atoms with Crippen molar-refractivity contribution in [3.63, 3.8) is 0 Å². The monoisotopic (exact) mass is 298 g/mol. The van der Waals surface area contributed by atoms with Crippen LogP contribution in [0.3, 0.4) is 0 Å². The first kappa shape index (κ1) is 14.8. The maximum Gasteiger partial charge on any atom is 0.367 e. The van der Waals surface area contributed by atoms with E-state index in [2.05, 4.69) is 28.9 Å². The molecule has 1 unspecified atom stereocenters. The van der Waals surface area contributed by atoms with Gasteiger partial charge in [0.15, 0.2) is 13.3 Å². The Morgan fingerprint density at radius 3 is 2.45 bits per heavy atom. The number of hydrogen-bond donors (Lipinski definition) is 4. The fourth-order valence-electron chi connectivity index (χ4n) is 1.92. The first-order valence-corrected chi connectivity index (χ1v) is 8.15. The number of rotatable bonds is 3. The molecule has 1 aromatic rings. The van der Waals surface area contributed by atoms with Gasteiger partial charge in [0.2, 0.25) is 0 Å². The van der Waals surface area contributed by atoms with E-state index in [4.69, 9.17) is 0 Å². The zero-order valence-corrected chi connectivity index (χ0v) is 12.8. The molecule has 0 amide bonds. The Morgan fingerprint density at radius 2 is 1.95 bits per heavy atom. The molecule has 0 bridgehead atoms. The van der Waals surface area contributed by atoms with Crippen LogP contribution >= 0.6 is 0 Å². The van der Waals surface area contributed by atoms with Crippen molar-refractivity contribution in [1.82, 2.24) is 10.0 Å². The zero-order chi connectivity index (χ0) is 14.8. The minimum atomic E-state index is -3.54. The lowest BCUT2D eigenvalue weighted by atomic mass is 10.2. The van der Waals surface area contributed by atoms with Crippen LogP contribution in [0, 0.1) is 6.92 Å². The highest BCUT2D eigenvalue weighted by Gasteiger charge is 2.26. The van der Waals surface area contributed by atoms with Crippen molar-refractivity contribution < 1.29 is 18.3 Å². The molecule has 1 aliphatic heterocycles. The molecule has 0 aliphatic carbocycles. The second-order valence-electron chi connectivity index (χ2n) is 5.31. The van der Waals surface area contributed by atoms with Gasteiger partial charge >= 0.3 is 16.0 Å². The lowest BCUT2D eigenvalue weighted by Gasteiger charge is -2.23. The SMILES string of the molecule is Cc1ccc(S(=O)(=O)NC2=[NH+]C[NH+](C(C)C)CN2)cc1. The third kappa shape index (κ3) is 3.49. The first-order chi connectivity index (χ1) is 9.38. The molecule has 1 heterocycles. The second kappa shape index (κ2) is 5.80. The molecule has 7 heteroatoms. The average molecular weight is 298 g/mol. The van der Waals surface area contributed by atoms with E-state index in [-0.39, 0.29) is 4.90 Å². The lowest BCUT2D eigenvalue weighted by Crippen LogP contribution is -3.26. The van der Waals surface area contributed by atoms with Crippen LogP contribution in [-0.2, 0) is 10.0 Å². The molecular weight excluding hydrogens is 276 g/mol. The molecule has 4 N–H and O–H groups in total. The fourth-order valence-corrected chi connectivity index (χ4v) is 2.95. The van der Waals surface area contributed by atoms with Crippen LogP contribution in [0.15, 0.2) is 29.2 Å². The molecule has 6 nitrogen and oxygen atoms in total. The Morgan fingerprint density at radius 1 is 1.30 bits per heavy atom. The van der Waals surface area contributed by atoms with E-state index < -0.39 is 10.0 Å². The summed E-state index contributed by atoms with van der Waals surface area (Å²) in [5, 5.41) is 3.07. The molecule has 0 spiro atoms. The van der Waals surface area contributed by atoms with E-state index in [1.807, 2.05) is 6.92 Å². The van der Waals surface area contributed by atoms with Crippen LogP contribution in [0.4, 0.5) is 0 Å². The van der Waals surface area contributed by atoms with Gasteiger partial charge < -0.3 is 0 Å². The number of quaternary nitrogens is 1. The van der Waals surface area contributed by atoms with Crippen LogP contribution in [0.1, 0.15) is 19.4 Å². The second-order valence-corrected chi connectivity index (χ2v) is 7.00. The van der Waals surface area contributed by atoms with Crippen LogP contribution in [0.2, 0.25) is 0 Å². The van der Waals surface area contributed by atoms with Gasteiger partial charge in [0, 0.05) is 0 Å². The van der Waals surface area contributed by atoms with Gasteiger partial charge in [-0.2, -0.15) is 13.1 Å². The number of sulfonamides is 1. The lowest BCUT2D eigenvalue weighted by molar-refractivity contribution is -0.997. The molecule has 0 aromatic heterocycles.